The molecule has 0 bridgehead atoms. The van der Waals surface area contributed by atoms with E-state index in [9.17, 15) is 4.39 Å². The van der Waals surface area contributed by atoms with Crippen LogP contribution in [0.5, 0.6) is 0 Å². The number of halogens is 1. The van der Waals surface area contributed by atoms with Crippen LogP contribution < -0.4 is 5.32 Å². The van der Waals surface area contributed by atoms with Crippen molar-refractivity contribution in [3.05, 3.63) is 35.6 Å². The van der Waals surface area contributed by atoms with Crippen LogP contribution in [0.2, 0.25) is 0 Å². The lowest BCUT2D eigenvalue weighted by molar-refractivity contribution is 0.229. The molecular formula is C12H18FNO. The molecule has 1 unspecified atom stereocenters. The fraction of sp³-hybridized carbons (Fsp3) is 0.500. The fourth-order valence-electron chi connectivity index (χ4n) is 1.57. The molecule has 1 aromatic carbocycles. The van der Waals surface area contributed by atoms with Gasteiger partial charge in [0.1, 0.15) is 5.82 Å². The normalized spacial score (nSPS) is 14.9. The maximum absolute atomic E-state index is 13.4. The predicted molar refractivity (Wildman–Crippen MR) is 59.1 cm³/mol. The van der Waals surface area contributed by atoms with E-state index < -0.39 is 0 Å². The van der Waals surface area contributed by atoms with Crippen molar-refractivity contribution in [2.75, 3.05) is 6.61 Å². The molecule has 0 saturated heterocycles. The van der Waals surface area contributed by atoms with E-state index in [-0.39, 0.29) is 24.5 Å². The Hall–Kier alpha value is -0.930. The first-order valence-electron chi connectivity index (χ1n) is 5.30. The van der Waals surface area contributed by atoms with Gasteiger partial charge in [-0.2, -0.15) is 0 Å². The Bertz CT molecular complexity index is 299. The van der Waals surface area contributed by atoms with Crippen molar-refractivity contribution in [1.82, 2.24) is 5.32 Å². The van der Waals surface area contributed by atoms with E-state index >= 15 is 0 Å². The zero-order valence-electron chi connectivity index (χ0n) is 9.20. The van der Waals surface area contributed by atoms with Crippen LogP contribution in [0.3, 0.4) is 0 Å². The van der Waals surface area contributed by atoms with Crippen molar-refractivity contribution in [1.29, 1.82) is 0 Å². The minimum Gasteiger partial charge on any atom is -0.395 e. The molecule has 0 aliphatic rings. The van der Waals surface area contributed by atoms with Gasteiger partial charge in [0.2, 0.25) is 0 Å². The summed E-state index contributed by atoms with van der Waals surface area (Å²) in [4.78, 5) is 0. The van der Waals surface area contributed by atoms with Crippen molar-refractivity contribution in [3.63, 3.8) is 0 Å². The lowest BCUT2D eigenvalue weighted by atomic mass is 10.1. The standard InChI is InChI=1S/C12H18FNO/c1-3-10(8-15)14-9(2)11-6-4-5-7-12(11)13/h4-7,9-10,14-15H,3,8H2,1-2H3/t9?,10-/m0/s1. The molecule has 3 heteroatoms. The van der Waals surface area contributed by atoms with Crippen molar-refractivity contribution >= 4 is 0 Å². The summed E-state index contributed by atoms with van der Waals surface area (Å²) in [7, 11) is 0. The molecule has 0 saturated carbocycles. The van der Waals surface area contributed by atoms with E-state index in [1.165, 1.54) is 6.07 Å². The molecule has 0 amide bonds. The first kappa shape index (κ1) is 12.1. The minimum absolute atomic E-state index is 0.0274. The average molecular weight is 211 g/mol. The highest BCUT2D eigenvalue weighted by Crippen LogP contribution is 2.16. The highest BCUT2D eigenvalue weighted by atomic mass is 19.1. The average Bonchev–Trinajstić information content (AvgIpc) is 2.26. The fourth-order valence-corrected chi connectivity index (χ4v) is 1.57. The highest BCUT2D eigenvalue weighted by molar-refractivity contribution is 5.20. The number of benzene rings is 1. The summed E-state index contributed by atoms with van der Waals surface area (Å²) in [6, 6.07) is 6.65. The third-order valence-corrected chi connectivity index (χ3v) is 2.57. The maximum Gasteiger partial charge on any atom is 0.127 e. The number of hydrogen-bond acceptors (Lipinski definition) is 2. The lowest BCUT2D eigenvalue weighted by Crippen LogP contribution is -2.34. The van der Waals surface area contributed by atoms with E-state index in [0.29, 0.717) is 5.56 Å². The molecule has 0 heterocycles. The van der Waals surface area contributed by atoms with Crippen LogP contribution in [0.15, 0.2) is 24.3 Å². The Kier molecular flexibility index (Phi) is 4.72. The number of rotatable bonds is 5. The predicted octanol–water partition coefficient (Wildman–Crippen LogP) is 2.25. The molecule has 0 aliphatic carbocycles. The molecule has 15 heavy (non-hydrogen) atoms. The van der Waals surface area contributed by atoms with Crippen LogP contribution in [-0.4, -0.2) is 17.8 Å². The summed E-state index contributed by atoms with van der Waals surface area (Å²) < 4.78 is 13.4. The second kappa shape index (κ2) is 5.83. The summed E-state index contributed by atoms with van der Waals surface area (Å²) in [6.07, 6.45) is 0.829. The van der Waals surface area contributed by atoms with Crippen LogP contribution in [-0.2, 0) is 0 Å². The number of hydrogen-bond donors (Lipinski definition) is 2. The molecule has 0 fully saturated rings. The molecule has 2 N–H and O–H groups in total. The molecule has 0 spiro atoms. The van der Waals surface area contributed by atoms with Gasteiger partial charge >= 0.3 is 0 Å². The van der Waals surface area contributed by atoms with E-state index in [1.54, 1.807) is 12.1 Å². The van der Waals surface area contributed by atoms with Gasteiger partial charge in [-0.15, -0.1) is 0 Å². The summed E-state index contributed by atoms with van der Waals surface area (Å²) in [5.41, 5.74) is 0.643. The SMILES string of the molecule is CC[C@@H](CO)NC(C)c1ccccc1F. The largest absolute Gasteiger partial charge is 0.395 e. The van der Waals surface area contributed by atoms with Crippen LogP contribution in [0.4, 0.5) is 4.39 Å². The van der Waals surface area contributed by atoms with Crippen molar-refractivity contribution in [2.24, 2.45) is 0 Å². The number of aliphatic hydroxyl groups excluding tert-OH is 1. The molecule has 0 radical (unpaired) electrons. The molecule has 0 aliphatic heterocycles. The second-order valence-electron chi connectivity index (χ2n) is 3.70. The van der Waals surface area contributed by atoms with Crippen LogP contribution >= 0.6 is 0 Å². The summed E-state index contributed by atoms with van der Waals surface area (Å²) >= 11 is 0. The molecular weight excluding hydrogens is 193 g/mol. The number of aliphatic hydroxyl groups is 1. The Morgan fingerprint density at radius 1 is 1.40 bits per heavy atom. The third-order valence-electron chi connectivity index (χ3n) is 2.57. The van der Waals surface area contributed by atoms with Crippen LogP contribution in [0.25, 0.3) is 0 Å². The second-order valence-corrected chi connectivity index (χ2v) is 3.70. The van der Waals surface area contributed by atoms with Gasteiger partial charge in [0.05, 0.1) is 6.61 Å². The van der Waals surface area contributed by atoms with Gasteiger partial charge in [-0.3, -0.25) is 0 Å². The van der Waals surface area contributed by atoms with Gasteiger partial charge in [0.15, 0.2) is 0 Å². The van der Waals surface area contributed by atoms with Crippen molar-refractivity contribution in [3.8, 4) is 0 Å². The van der Waals surface area contributed by atoms with Gasteiger partial charge < -0.3 is 10.4 Å². The third kappa shape index (κ3) is 3.29. The zero-order valence-corrected chi connectivity index (χ0v) is 9.20. The number of nitrogens with one attached hydrogen (secondary N) is 1. The monoisotopic (exact) mass is 211 g/mol. The summed E-state index contributed by atoms with van der Waals surface area (Å²) in [6.45, 7) is 3.97. The highest BCUT2D eigenvalue weighted by Gasteiger charge is 2.13. The Morgan fingerprint density at radius 3 is 2.60 bits per heavy atom. The van der Waals surface area contributed by atoms with E-state index in [2.05, 4.69) is 5.32 Å². The molecule has 0 aromatic heterocycles. The van der Waals surface area contributed by atoms with Gasteiger partial charge in [-0.05, 0) is 19.4 Å². The molecule has 84 valence electrons. The van der Waals surface area contributed by atoms with Gasteiger partial charge in [0.25, 0.3) is 0 Å². The van der Waals surface area contributed by atoms with Gasteiger partial charge in [0, 0.05) is 17.6 Å². The molecule has 2 atom stereocenters. The Morgan fingerprint density at radius 2 is 2.07 bits per heavy atom. The summed E-state index contributed by atoms with van der Waals surface area (Å²) in [5.74, 6) is -0.203. The molecule has 2 nitrogen and oxygen atoms in total. The van der Waals surface area contributed by atoms with E-state index in [4.69, 9.17) is 5.11 Å². The topological polar surface area (TPSA) is 32.3 Å². The van der Waals surface area contributed by atoms with Gasteiger partial charge in [-0.1, -0.05) is 25.1 Å². The van der Waals surface area contributed by atoms with Gasteiger partial charge in [-0.25, -0.2) is 4.39 Å². The minimum atomic E-state index is -0.203. The summed E-state index contributed by atoms with van der Waals surface area (Å²) in [5, 5.41) is 12.2. The lowest BCUT2D eigenvalue weighted by Gasteiger charge is -2.21. The van der Waals surface area contributed by atoms with Crippen molar-refractivity contribution in [2.45, 2.75) is 32.4 Å². The van der Waals surface area contributed by atoms with Crippen molar-refractivity contribution < 1.29 is 9.50 Å². The molecule has 1 aromatic rings. The Labute approximate surface area is 90.1 Å². The first-order valence-corrected chi connectivity index (χ1v) is 5.30. The molecule has 1 rings (SSSR count). The maximum atomic E-state index is 13.4. The van der Waals surface area contributed by atoms with Crippen LogP contribution in [0, 0.1) is 5.82 Å². The first-order chi connectivity index (χ1) is 7.19. The van der Waals surface area contributed by atoms with E-state index in [1.807, 2.05) is 19.9 Å². The Balaban J connectivity index is 2.68. The smallest absolute Gasteiger partial charge is 0.127 e. The quantitative estimate of drug-likeness (QED) is 0.783. The van der Waals surface area contributed by atoms with Crippen LogP contribution in [0.1, 0.15) is 31.9 Å². The zero-order chi connectivity index (χ0) is 11.3. The van der Waals surface area contributed by atoms with E-state index in [0.717, 1.165) is 6.42 Å².